The van der Waals surface area contributed by atoms with Gasteiger partial charge in [-0.3, -0.25) is 9.69 Å². The van der Waals surface area contributed by atoms with Crippen molar-refractivity contribution in [3.05, 3.63) is 102 Å². The van der Waals surface area contributed by atoms with Crippen molar-refractivity contribution in [1.29, 1.82) is 0 Å². The van der Waals surface area contributed by atoms with Gasteiger partial charge in [0.25, 0.3) is 5.91 Å². The first kappa shape index (κ1) is 18.6. The van der Waals surface area contributed by atoms with Crippen LogP contribution in [0.5, 0.6) is 0 Å². The van der Waals surface area contributed by atoms with Crippen molar-refractivity contribution < 1.29 is 13.7 Å². The van der Waals surface area contributed by atoms with E-state index in [4.69, 9.17) is 4.52 Å². The topological polar surface area (TPSA) is 59.2 Å². The van der Waals surface area contributed by atoms with Crippen LogP contribution >= 0.6 is 0 Å². The van der Waals surface area contributed by atoms with E-state index in [1.54, 1.807) is 37.4 Å². The van der Waals surface area contributed by atoms with Crippen molar-refractivity contribution in [3.8, 4) is 11.3 Å². The molecule has 0 aliphatic carbocycles. The van der Waals surface area contributed by atoms with E-state index in [-0.39, 0.29) is 17.4 Å². The van der Waals surface area contributed by atoms with Crippen molar-refractivity contribution >= 4 is 11.7 Å². The Bertz CT molecular complexity index is 1130. The van der Waals surface area contributed by atoms with Gasteiger partial charge in [-0.15, -0.1) is 0 Å². The molecule has 5 nitrogen and oxygen atoms in total. The number of halogens is 1. The van der Waals surface area contributed by atoms with Crippen LogP contribution in [0.2, 0.25) is 0 Å². The fourth-order valence-electron chi connectivity index (χ4n) is 2.93. The summed E-state index contributed by atoms with van der Waals surface area (Å²) < 4.78 is 19.2. The second-order valence-electron chi connectivity index (χ2n) is 6.61. The second-order valence-corrected chi connectivity index (χ2v) is 6.61. The van der Waals surface area contributed by atoms with E-state index in [0.717, 1.165) is 5.56 Å². The molecule has 0 aliphatic rings. The Morgan fingerprint density at radius 1 is 1.03 bits per heavy atom. The number of pyridine rings is 1. The number of anilines is 1. The van der Waals surface area contributed by atoms with Crippen LogP contribution < -0.4 is 4.90 Å². The van der Waals surface area contributed by atoms with E-state index in [2.05, 4.69) is 10.1 Å². The van der Waals surface area contributed by atoms with Crippen LogP contribution in [-0.2, 0) is 6.54 Å². The molecule has 0 unspecified atom stereocenters. The Morgan fingerprint density at radius 3 is 2.55 bits per heavy atom. The van der Waals surface area contributed by atoms with Crippen LogP contribution in [0.15, 0.2) is 83.5 Å². The zero-order valence-corrected chi connectivity index (χ0v) is 15.7. The average molecular weight is 387 g/mol. The molecule has 0 aliphatic heterocycles. The van der Waals surface area contributed by atoms with Gasteiger partial charge >= 0.3 is 0 Å². The average Bonchev–Trinajstić information content (AvgIpc) is 3.25. The van der Waals surface area contributed by atoms with Gasteiger partial charge in [-0.05, 0) is 36.2 Å². The molecule has 0 N–H and O–H groups in total. The summed E-state index contributed by atoms with van der Waals surface area (Å²) in [4.78, 5) is 19.0. The third-order valence-electron chi connectivity index (χ3n) is 4.54. The van der Waals surface area contributed by atoms with Crippen molar-refractivity contribution in [2.45, 2.75) is 13.5 Å². The van der Waals surface area contributed by atoms with E-state index < -0.39 is 0 Å². The molecule has 144 valence electrons. The molecule has 2 aromatic carbocycles. The van der Waals surface area contributed by atoms with E-state index in [1.165, 1.54) is 17.0 Å². The number of rotatable bonds is 5. The molecule has 0 spiro atoms. The fourth-order valence-corrected chi connectivity index (χ4v) is 2.93. The van der Waals surface area contributed by atoms with Crippen molar-refractivity contribution in [2.24, 2.45) is 0 Å². The number of hydrogen-bond donors (Lipinski definition) is 0. The van der Waals surface area contributed by atoms with Crippen molar-refractivity contribution in [2.75, 3.05) is 4.90 Å². The van der Waals surface area contributed by atoms with Crippen LogP contribution in [0, 0.1) is 12.7 Å². The maximum absolute atomic E-state index is 13.9. The SMILES string of the molecule is Cc1ccc(-c2cc(C(=O)N(Cc3ccccc3)c3ccccn3)no2)cc1F. The van der Waals surface area contributed by atoms with Gasteiger partial charge in [0.1, 0.15) is 11.6 Å². The number of amides is 1. The Morgan fingerprint density at radius 2 is 1.83 bits per heavy atom. The standard InChI is InChI=1S/C23H18FN3O2/c1-16-10-11-18(13-19(16)24)21-14-20(26-29-21)23(28)27(22-9-5-6-12-25-22)15-17-7-3-2-4-8-17/h2-14H,15H2,1H3. The molecule has 2 aromatic heterocycles. The largest absolute Gasteiger partial charge is 0.355 e. The lowest BCUT2D eigenvalue weighted by molar-refractivity contribution is 0.0975. The number of benzene rings is 2. The van der Waals surface area contributed by atoms with Gasteiger partial charge in [-0.1, -0.05) is 53.7 Å². The summed E-state index contributed by atoms with van der Waals surface area (Å²) in [6.45, 7) is 2.01. The van der Waals surface area contributed by atoms with Gasteiger partial charge in [0.15, 0.2) is 11.5 Å². The molecule has 0 atom stereocenters. The van der Waals surface area contributed by atoms with Crippen LogP contribution in [0.4, 0.5) is 10.2 Å². The molecule has 29 heavy (non-hydrogen) atoms. The second kappa shape index (κ2) is 8.06. The maximum Gasteiger partial charge on any atom is 0.281 e. The molecule has 4 rings (SSSR count). The van der Waals surface area contributed by atoms with E-state index in [9.17, 15) is 9.18 Å². The van der Waals surface area contributed by atoms with Gasteiger partial charge in [-0.25, -0.2) is 9.37 Å². The smallest absolute Gasteiger partial charge is 0.281 e. The van der Waals surface area contributed by atoms with Crippen molar-refractivity contribution in [3.63, 3.8) is 0 Å². The van der Waals surface area contributed by atoms with Crippen LogP contribution in [-0.4, -0.2) is 16.0 Å². The number of aryl methyl sites for hydroxylation is 1. The summed E-state index contributed by atoms with van der Waals surface area (Å²) in [6.07, 6.45) is 1.63. The zero-order chi connectivity index (χ0) is 20.2. The first-order valence-corrected chi connectivity index (χ1v) is 9.12. The highest BCUT2D eigenvalue weighted by Crippen LogP contribution is 2.24. The Labute approximate surface area is 167 Å². The molecule has 1 amide bonds. The summed E-state index contributed by atoms with van der Waals surface area (Å²) in [5.74, 6) is 0.140. The first-order chi connectivity index (χ1) is 14.1. The minimum Gasteiger partial charge on any atom is -0.355 e. The number of nitrogens with zero attached hydrogens (tertiary/aromatic N) is 3. The molecular weight excluding hydrogens is 369 g/mol. The molecule has 6 heteroatoms. The molecular formula is C23H18FN3O2. The van der Waals surface area contributed by atoms with Gasteiger partial charge in [0, 0.05) is 17.8 Å². The lowest BCUT2D eigenvalue weighted by atomic mass is 10.1. The Hall–Kier alpha value is -3.80. The molecule has 0 fully saturated rings. The minimum atomic E-state index is -0.352. The molecule has 4 aromatic rings. The normalized spacial score (nSPS) is 10.7. The monoisotopic (exact) mass is 387 g/mol. The zero-order valence-electron chi connectivity index (χ0n) is 15.7. The molecule has 0 radical (unpaired) electrons. The van der Waals surface area contributed by atoms with Gasteiger partial charge in [0.2, 0.25) is 0 Å². The number of aromatic nitrogens is 2. The van der Waals surface area contributed by atoms with E-state index in [0.29, 0.717) is 29.2 Å². The van der Waals surface area contributed by atoms with Gasteiger partial charge in [0.05, 0.1) is 6.54 Å². The van der Waals surface area contributed by atoms with Gasteiger partial charge in [-0.2, -0.15) is 0 Å². The molecule has 2 heterocycles. The molecule has 0 bridgehead atoms. The third-order valence-corrected chi connectivity index (χ3v) is 4.54. The summed E-state index contributed by atoms with van der Waals surface area (Å²) in [6, 6.07) is 21.3. The van der Waals surface area contributed by atoms with Crippen molar-refractivity contribution in [1.82, 2.24) is 10.1 Å². The first-order valence-electron chi connectivity index (χ1n) is 9.12. The summed E-state index contributed by atoms with van der Waals surface area (Å²) in [5, 5.41) is 3.92. The minimum absolute atomic E-state index is 0.127. The highest BCUT2D eigenvalue weighted by atomic mass is 19.1. The lowest BCUT2D eigenvalue weighted by Crippen LogP contribution is -2.31. The number of carbonyl (C=O) groups excluding carboxylic acids is 1. The van der Waals surface area contributed by atoms with Crippen LogP contribution in [0.3, 0.4) is 0 Å². The predicted octanol–water partition coefficient (Wildman–Crippen LogP) is 5.03. The Kier molecular flexibility index (Phi) is 5.16. The lowest BCUT2D eigenvalue weighted by Gasteiger charge is -2.20. The van der Waals surface area contributed by atoms with Gasteiger partial charge < -0.3 is 4.52 Å². The Balaban J connectivity index is 1.66. The van der Waals surface area contributed by atoms with E-state index in [1.807, 2.05) is 36.4 Å². The van der Waals surface area contributed by atoms with E-state index >= 15 is 0 Å². The molecule has 0 saturated heterocycles. The van der Waals surface area contributed by atoms with Crippen LogP contribution in [0.1, 0.15) is 21.6 Å². The predicted molar refractivity (Wildman–Crippen MR) is 108 cm³/mol. The highest BCUT2D eigenvalue weighted by Gasteiger charge is 2.23. The number of hydrogen-bond acceptors (Lipinski definition) is 4. The fraction of sp³-hybridized carbons (Fsp3) is 0.0870. The summed E-state index contributed by atoms with van der Waals surface area (Å²) >= 11 is 0. The molecule has 0 saturated carbocycles. The highest BCUT2D eigenvalue weighted by molar-refractivity contribution is 6.04. The summed E-state index contributed by atoms with van der Waals surface area (Å²) in [7, 11) is 0. The third kappa shape index (κ3) is 4.06. The quantitative estimate of drug-likeness (QED) is 0.482. The van der Waals surface area contributed by atoms with Crippen LogP contribution in [0.25, 0.3) is 11.3 Å². The summed E-state index contributed by atoms with van der Waals surface area (Å²) in [5.41, 5.74) is 2.14. The maximum atomic E-state index is 13.9. The number of carbonyl (C=O) groups is 1.